The van der Waals surface area contributed by atoms with Gasteiger partial charge in [0.2, 0.25) is 5.91 Å². The van der Waals surface area contributed by atoms with Crippen LogP contribution in [0.5, 0.6) is 5.75 Å². The van der Waals surface area contributed by atoms with Gasteiger partial charge in [-0.05, 0) is 54.1 Å². The van der Waals surface area contributed by atoms with Crippen molar-refractivity contribution in [3.8, 4) is 5.75 Å². The highest BCUT2D eigenvalue weighted by Crippen LogP contribution is 2.38. The highest BCUT2D eigenvalue weighted by atomic mass is 35.5. The summed E-state index contributed by atoms with van der Waals surface area (Å²) < 4.78 is 5.45. The lowest BCUT2D eigenvalue weighted by Gasteiger charge is -2.40. The first-order valence-corrected chi connectivity index (χ1v) is 10.6. The van der Waals surface area contributed by atoms with E-state index in [4.69, 9.17) is 16.3 Å². The largest absolute Gasteiger partial charge is 0.495 e. The lowest BCUT2D eigenvalue weighted by Crippen LogP contribution is -2.56. The number of methoxy groups -OCH3 is 1. The normalized spacial score (nSPS) is 16.3. The minimum absolute atomic E-state index is 0.0892. The summed E-state index contributed by atoms with van der Waals surface area (Å²) in [4.78, 5) is 32.3. The highest BCUT2D eigenvalue weighted by molar-refractivity contribution is 6.30. The number of anilines is 3. The van der Waals surface area contributed by atoms with Crippen LogP contribution in [0.3, 0.4) is 0 Å². The van der Waals surface area contributed by atoms with Crippen LogP contribution in [0.4, 0.5) is 17.1 Å². The Labute approximate surface area is 192 Å². The van der Waals surface area contributed by atoms with Crippen LogP contribution in [0.25, 0.3) is 0 Å². The number of para-hydroxylation sites is 2. The van der Waals surface area contributed by atoms with Gasteiger partial charge in [0.15, 0.2) is 0 Å². The minimum atomic E-state index is -0.821. The van der Waals surface area contributed by atoms with Gasteiger partial charge in [-0.15, -0.1) is 0 Å². The summed E-state index contributed by atoms with van der Waals surface area (Å²) in [6.07, 6.45) is 0. The number of hydrogen-bond acceptors (Lipinski definition) is 4. The zero-order valence-corrected chi connectivity index (χ0v) is 18.9. The SMILES string of the molecule is COc1ccccc1N1CC(=O)N(c2ccc(Cl)cc2)[C@@H](c2ccc(N(C)C)cc2)C1=O. The fourth-order valence-electron chi connectivity index (χ4n) is 3.89. The Bertz CT molecular complexity index is 1130. The molecule has 0 aromatic heterocycles. The van der Waals surface area contributed by atoms with Crippen molar-refractivity contribution in [2.24, 2.45) is 0 Å². The van der Waals surface area contributed by atoms with E-state index < -0.39 is 6.04 Å². The lowest BCUT2D eigenvalue weighted by atomic mass is 9.99. The molecule has 0 unspecified atom stereocenters. The number of nitrogens with zero attached hydrogens (tertiary/aromatic N) is 3. The molecule has 32 heavy (non-hydrogen) atoms. The number of amides is 2. The molecule has 0 spiro atoms. The average Bonchev–Trinajstić information content (AvgIpc) is 2.81. The second-order valence-electron chi connectivity index (χ2n) is 7.72. The topological polar surface area (TPSA) is 53.1 Å². The fourth-order valence-corrected chi connectivity index (χ4v) is 4.02. The Morgan fingerprint density at radius 2 is 1.59 bits per heavy atom. The van der Waals surface area contributed by atoms with Crippen LogP contribution in [0, 0.1) is 0 Å². The third kappa shape index (κ3) is 4.01. The van der Waals surface area contributed by atoms with E-state index in [1.807, 2.05) is 55.4 Å². The van der Waals surface area contributed by atoms with Gasteiger partial charge in [-0.1, -0.05) is 35.9 Å². The Morgan fingerprint density at radius 1 is 0.938 bits per heavy atom. The standard InChI is InChI=1S/C25H24ClN3O3/c1-27(2)19-12-8-17(9-13-19)24-25(31)28(21-6-4-5-7-22(21)32-3)16-23(30)29(24)20-14-10-18(26)11-15-20/h4-15,24H,16H2,1-3H3/t24-/m0/s1. The predicted molar refractivity (Wildman–Crippen MR) is 128 cm³/mol. The number of benzene rings is 3. The van der Waals surface area contributed by atoms with Gasteiger partial charge in [0.05, 0.1) is 12.8 Å². The average molecular weight is 450 g/mol. The number of carbonyl (C=O) groups excluding carboxylic acids is 2. The number of halogens is 1. The van der Waals surface area contributed by atoms with E-state index in [9.17, 15) is 9.59 Å². The highest BCUT2D eigenvalue weighted by Gasteiger charge is 2.42. The maximum Gasteiger partial charge on any atom is 0.255 e. The smallest absolute Gasteiger partial charge is 0.255 e. The number of rotatable bonds is 5. The Morgan fingerprint density at radius 3 is 2.22 bits per heavy atom. The van der Waals surface area contributed by atoms with Crippen LogP contribution in [0.15, 0.2) is 72.8 Å². The maximum absolute atomic E-state index is 13.8. The third-order valence-corrected chi connectivity index (χ3v) is 5.78. The summed E-state index contributed by atoms with van der Waals surface area (Å²) in [7, 11) is 5.45. The summed E-state index contributed by atoms with van der Waals surface area (Å²) in [5.41, 5.74) is 2.92. The molecule has 1 saturated heterocycles. The molecule has 1 aliphatic heterocycles. The molecule has 0 aliphatic carbocycles. The van der Waals surface area contributed by atoms with Crippen LogP contribution in [-0.4, -0.2) is 39.6 Å². The molecule has 3 aromatic rings. The van der Waals surface area contributed by atoms with E-state index in [0.29, 0.717) is 22.1 Å². The molecule has 7 heteroatoms. The van der Waals surface area contributed by atoms with Gasteiger partial charge >= 0.3 is 0 Å². The molecular formula is C25H24ClN3O3. The number of carbonyl (C=O) groups is 2. The molecule has 2 amide bonds. The Kier molecular flexibility index (Phi) is 6.06. The number of piperazine rings is 1. The molecule has 4 rings (SSSR count). The molecule has 6 nitrogen and oxygen atoms in total. The van der Waals surface area contributed by atoms with Gasteiger partial charge in [-0.25, -0.2) is 0 Å². The first kappa shape index (κ1) is 21.7. The molecule has 0 bridgehead atoms. The van der Waals surface area contributed by atoms with Crippen molar-refractivity contribution < 1.29 is 14.3 Å². The Hall–Kier alpha value is -3.51. The van der Waals surface area contributed by atoms with E-state index >= 15 is 0 Å². The number of ether oxygens (including phenoxy) is 1. The van der Waals surface area contributed by atoms with Gasteiger partial charge in [-0.2, -0.15) is 0 Å². The van der Waals surface area contributed by atoms with Crippen LogP contribution in [-0.2, 0) is 9.59 Å². The van der Waals surface area contributed by atoms with E-state index in [-0.39, 0.29) is 18.4 Å². The second kappa shape index (κ2) is 8.93. The second-order valence-corrected chi connectivity index (χ2v) is 8.16. The molecule has 1 aliphatic rings. The van der Waals surface area contributed by atoms with Crippen LogP contribution < -0.4 is 19.4 Å². The molecular weight excluding hydrogens is 426 g/mol. The summed E-state index contributed by atoms with van der Waals surface area (Å²) in [6, 6.07) is 21.0. The first-order valence-electron chi connectivity index (χ1n) is 10.2. The van der Waals surface area contributed by atoms with Crippen molar-refractivity contribution >= 4 is 40.5 Å². The van der Waals surface area contributed by atoms with Crippen LogP contribution in [0.1, 0.15) is 11.6 Å². The van der Waals surface area contributed by atoms with Crippen molar-refractivity contribution in [3.05, 3.63) is 83.4 Å². The van der Waals surface area contributed by atoms with Gasteiger partial charge in [-0.3, -0.25) is 19.4 Å². The molecule has 1 fully saturated rings. The predicted octanol–water partition coefficient (Wildman–Crippen LogP) is 4.54. The van der Waals surface area contributed by atoms with Crippen molar-refractivity contribution in [2.75, 3.05) is 42.4 Å². The minimum Gasteiger partial charge on any atom is -0.495 e. The zero-order valence-electron chi connectivity index (χ0n) is 18.2. The van der Waals surface area contributed by atoms with Crippen LogP contribution in [0.2, 0.25) is 5.02 Å². The molecule has 0 saturated carbocycles. The van der Waals surface area contributed by atoms with Crippen LogP contribution >= 0.6 is 11.6 Å². The summed E-state index contributed by atoms with van der Waals surface area (Å²) in [5, 5.41) is 0.562. The molecule has 0 N–H and O–H groups in total. The van der Waals surface area contributed by atoms with Crippen molar-refractivity contribution in [1.29, 1.82) is 0 Å². The lowest BCUT2D eigenvalue weighted by molar-refractivity contribution is -0.128. The molecule has 1 atom stereocenters. The van der Waals surface area contributed by atoms with Gasteiger partial charge in [0, 0.05) is 30.5 Å². The summed E-state index contributed by atoms with van der Waals surface area (Å²) in [5.74, 6) is 0.136. The quantitative estimate of drug-likeness (QED) is 0.574. The molecule has 1 heterocycles. The van der Waals surface area contributed by atoms with Gasteiger partial charge < -0.3 is 9.64 Å². The van der Waals surface area contributed by atoms with Crippen molar-refractivity contribution in [1.82, 2.24) is 0 Å². The zero-order chi connectivity index (χ0) is 22.8. The summed E-state index contributed by atoms with van der Waals surface area (Å²) in [6.45, 7) is -0.0892. The van der Waals surface area contributed by atoms with E-state index in [2.05, 4.69) is 0 Å². The maximum atomic E-state index is 13.8. The molecule has 0 radical (unpaired) electrons. The van der Waals surface area contributed by atoms with Crippen molar-refractivity contribution in [3.63, 3.8) is 0 Å². The van der Waals surface area contributed by atoms with Crippen molar-refractivity contribution in [2.45, 2.75) is 6.04 Å². The first-order chi connectivity index (χ1) is 15.4. The van der Waals surface area contributed by atoms with E-state index in [0.717, 1.165) is 11.3 Å². The monoisotopic (exact) mass is 449 g/mol. The summed E-state index contributed by atoms with van der Waals surface area (Å²) >= 11 is 6.06. The number of hydrogen-bond donors (Lipinski definition) is 0. The van der Waals surface area contributed by atoms with Gasteiger partial charge in [0.25, 0.3) is 5.91 Å². The van der Waals surface area contributed by atoms with E-state index in [1.165, 1.54) is 4.90 Å². The fraction of sp³-hybridized carbons (Fsp3) is 0.200. The Balaban J connectivity index is 1.82. The van der Waals surface area contributed by atoms with Gasteiger partial charge in [0.1, 0.15) is 18.3 Å². The third-order valence-electron chi connectivity index (χ3n) is 5.53. The molecule has 164 valence electrons. The molecule has 3 aromatic carbocycles. The van der Waals surface area contributed by atoms with E-state index in [1.54, 1.807) is 48.4 Å².